The number of carbonyl (C=O) groups is 1. The number of amides is 1. The Labute approximate surface area is 176 Å². The molecular weight excluding hydrogens is 406 g/mol. The summed E-state index contributed by atoms with van der Waals surface area (Å²) < 4.78 is 11.8. The SMILES string of the molecule is O=C(Cn1nc(-c2ccccc2)oc1=O)Nc1ccc(Oc2ccccc2Cl)cc1. The minimum Gasteiger partial charge on any atom is -0.456 e. The molecule has 1 heterocycles. The molecule has 0 aliphatic heterocycles. The third kappa shape index (κ3) is 4.59. The molecule has 0 unspecified atom stereocenters. The van der Waals surface area contributed by atoms with Crippen molar-refractivity contribution in [1.82, 2.24) is 9.78 Å². The number of halogens is 1. The lowest BCUT2D eigenvalue weighted by Gasteiger charge is -2.09. The Kier molecular flexibility index (Phi) is 5.63. The number of hydrogen-bond acceptors (Lipinski definition) is 5. The van der Waals surface area contributed by atoms with Crippen LogP contribution in [0.15, 0.2) is 88.1 Å². The number of hydrogen-bond donors (Lipinski definition) is 1. The lowest BCUT2D eigenvalue weighted by atomic mass is 10.2. The molecule has 1 aromatic heterocycles. The lowest BCUT2D eigenvalue weighted by molar-refractivity contribution is -0.117. The second kappa shape index (κ2) is 8.67. The van der Waals surface area contributed by atoms with Gasteiger partial charge in [0.15, 0.2) is 0 Å². The van der Waals surface area contributed by atoms with Crippen molar-refractivity contribution in [1.29, 1.82) is 0 Å². The minimum absolute atomic E-state index is 0.162. The Balaban J connectivity index is 1.39. The Hall–Kier alpha value is -3.84. The number of anilines is 1. The van der Waals surface area contributed by atoms with Gasteiger partial charge in [0.25, 0.3) is 0 Å². The van der Waals surface area contributed by atoms with Crippen molar-refractivity contribution in [3.8, 4) is 23.0 Å². The highest BCUT2D eigenvalue weighted by atomic mass is 35.5. The Morgan fingerprint density at radius 3 is 2.43 bits per heavy atom. The summed E-state index contributed by atoms with van der Waals surface area (Å²) in [7, 11) is 0. The van der Waals surface area contributed by atoms with Crippen molar-refractivity contribution in [2.75, 3.05) is 5.32 Å². The fraction of sp³-hybridized carbons (Fsp3) is 0.0455. The molecule has 4 aromatic rings. The summed E-state index contributed by atoms with van der Waals surface area (Å²) in [4.78, 5) is 24.3. The minimum atomic E-state index is -0.701. The molecule has 0 radical (unpaired) electrons. The number of nitrogens with one attached hydrogen (secondary N) is 1. The van der Waals surface area contributed by atoms with Gasteiger partial charge in [0.1, 0.15) is 18.0 Å². The summed E-state index contributed by atoms with van der Waals surface area (Å²) in [5.41, 5.74) is 1.20. The number of para-hydroxylation sites is 1. The van der Waals surface area contributed by atoms with Crippen molar-refractivity contribution in [3.05, 3.63) is 94.4 Å². The number of nitrogens with zero attached hydrogens (tertiary/aromatic N) is 2. The van der Waals surface area contributed by atoms with Crippen LogP contribution in [0.25, 0.3) is 11.5 Å². The third-order valence-electron chi connectivity index (χ3n) is 4.12. The first-order valence-corrected chi connectivity index (χ1v) is 9.42. The predicted molar refractivity (Wildman–Crippen MR) is 113 cm³/mol. The molecule has 3 aromatic carbocycles. The van der Waals surface area contributed by atoms with Gasteiger partial charge >= 0.3 is 5.76 Å². The molecule has 0 saturated carbocycles. The molecular formula is C22H16ClN3O4. The summed E-state index contributed by atoms with van der Waals surface area (Å²) in [5.74, 6) is 0.156. The van der Waals surface area contributed by atoms with Crippen LogP contribution in [-0.4, -0.2) is 15.7 Å². The van der Waals surface area contributed by atoms with Crippen LogP contribution in [0.4, 0.5) is 5.69 Å². The normalized spacial score (nSPS) is 10.6. The summed E-state index contributed by atoms with van der Waals surface area (Å²) in [6.07, 6.45) is 0. The third-order valence-corrected chi connectivity index (χ3v) is 4.44. The first-order chi connectivity index (χ1) is 14.6. The van der Waals surface area contributed by atoms with Gasteiger partial charge in [-0.05, 0) is 48.5 Å². The van der Waals surface area contributed by atoms with Gasteiger partial charge < -0.3 is 14.5 Å². The van der Waals surface area contributed by atoms with Crippen molar-refractivity contribution in [2.24, 2.45) is 0 Å². The highest BCUT2D eigenvalue weighted by Gasteiger charge is 2.13. The van der Waals surface area contributed by atoms with Gasteiger partial charge in [0.05, 0.1) is 5.02 Å². The smallest absolute Gasteiger partial charge is 0.437 e. The number of ether oxygens (including phenoxy) is 1. The van der Waals surface area contributed by atoms with Gasteiger partial charge in [0, 0.05) is 11.3 Å². The van der Waals surface area contributed by atoms with E-state index >= 15 is 0 Å². The number of rotatable bonds is 6. The van der Waals surface area contributed by atoms with E-state index in [1.807, 2.05) is 18.2 Å². The Bertz CT molecular complexity index is 1220. The summed E-state index contributed by atoms with van der Waals surface area (Å²) in [5, 5.41) is 7.28. The van der Waals surface area contributed by atoms with Crippen molar-refractivity contribution in [2.45, 2.75) is 6.54 Å². The molecule has 0 atom stereocenters. The second-order valence-electron chi connectivity index (χ2n) is 6.30. The van der Waals surface area contributed by atoms with E-state index in [1.54, 1.807) is 60.7 Å². The fourth-order valence-electron chi connectivity index (χ4n) is 2.70. The van der Waals surface area contributed by atoms with E-state index in [4.69, 9.17) is 20.8 Å². The quantitative estimate of drug-likeness (QED) is 0.492. The number of aromatic nitrogens is 2. The van der Waals surface area contributed by atoms with Crippen LogP contribution in [-0.2, 0) is 11.3 Å². The Morgan fingerprint density at radius 2 is 1.70 bits per heavy atom. The van der Waals surface area contributed by atoms with Crippen LogP contribution in [0.1, 0.15) is 0 Å². The largest absolute Gasteiger partial charge is 0.456 e. The van der Waals surface area contributed by atoms with Gasteiger partial charge in [-0.15, -0.1) is 5.10 Å². The molecule has 8 heteroatoms. The van der Waals surface area contributed by atoms with Crippen molar-refractivity contribution < 1.29 is 13.9 Å². The van der Waals surface area contributed by atoms with Crippen LogP contribution < -0.4 is 15.8 Å². The van der Waals surface area contributed by atoms with Gasteiger partial charge in [0.2, 0.25) is 11.8 Å². The molecule has 0 bridgehead atoms. The highest BCUT2D eigenvalue weighted by Crippen LogP contribution is 2.29. The standard InChI is InChI=1S/C22H16ClN3O4/c23-18-8-4-5-9-19(18)29-17-12-10-16(11-13-17)24-20(27)14-26-22(28)30-21(25-26)15-6-2-1-3-7-15/h1-13H,14H2,(H,24,27). The van der Waals surface area contributed by atoms with Crippen LogP contribution >= 0.6 is 11.6 Å². The molecule has 4 rings (SSSR count). The van der Waals surface area contributed by atoms with Crippen LogP contribution in [0.2, 0.25) is 5.02 Å². The number of carbonyl (C=O) groups excluding carboxylic acids is 1. The lowest BCUT2D eigenvalue weighted by Crippen LogP contribution is -2.25. The van der Waals surface area contributed by atoms with E-state index in [0.717, 1.165) is 4.68 Å². The second-order valence-corrected chi connectivity index (χ2v) is 6.71. The monoisotopic (exact) mass is 421 g/mol. The van der Waals surface area contributed by atoms with E-state index in [2.05, 4.69) is 10.4 Å². The molecule has 1 amide bonds. The molecule has 0 saturated heterocycles. The van der Waals surface area contributed by atoms with Gasteiger partial charge in [-0.3, -0.25) is 4.79 Å². The maximum Gasteiger partial charge on any atom is 0.437 e. The first-order valence-electron chi connectivity index (χ1n) is 9.04. The molecule has 0 fully saturated rings. The van der Waals surface area contributed by atoms with Crippen LogP contribution in [0.5, 0.6) is 11.5 Å². The van der Waals surface area contributed by atoms with Gasteiger partial charge in [-0.2, -0.15) is 4.68 Å². The van der Waals surface area contributed by atoms with Gasteiger partial charge in [-0.25, -0.2) is 4.79 Å². The van der Waals surface area contributed by atoms with E-state index < -0.39 is 11.7 Å². The first kappa shape index (κ1) is 19.5. The highest BCUT2D eigenvalue weighted by molar-refractivity contribution is 6.32. The molecule has 0 spiro atoms. The van der Waals surface area contributed by atoms with E-state index in [1.165, 1.54) is 0 Å². The zero-order chi connectivity index (χ0) is 20.9. The summed E-state index contributed by atoms with van der Waals surface area (Å²) >= 11 is 6.08. The predicted octanol–water partition coefficient (Wildman–Crippen LogP) is 4.59. The van der Waals surface area contributed by atoms with Crippen molar-refractivity contribution >= 4 is 23.2 Å². The summed E-state index contributed by atoms with van der Waals surface area (Å²) in [6, 6.07) is 22.9. The molecule has 0 aliphatic rings. The maximum atomic E-state index is 12.3. The maximum absolute atomic E-state index is 12.3. The van der Waals surface area contributed by atoms with E-state index in [-0.39, 0.29) is 12.4 Å². The topological polar surface area (TPSA) is 86.4 Å². The van der Waals surface area contributed by atoms with Crippen molar-refractivity contribution in [3.63, 3.8) is 0 Å². The average Bonchev–Trinajstić information content (AvgIpc) is 3.12. The van der Waals surface area contributed by atoms with E-state index in [0.29, 0.717) is 27.8 Å². The van der Waals surface area contributed by atoms with E-state index in [9.17, 15) is 9.59 Å². The van der Waals surface area contributed by atoms with Crippen LogP contribution in [0, 0.1) is 0 Å². The zero-order valence-corrected chi connectivity index (χ0v) is 16.4. The number of benzene rings is 3. The molecule has 0 aliphatic carbocycles. The Morgan fingerprint density at radius 1 is 1.00 bits per heavy atom. The zero-order valence-electron chi connectivity index (χ0n) is 15.6. The summed E-state index contributed by atoms with van der Waals surface area (Å²) in [6.45, 7) is -0.271. The molecule has 150 valence electrons. The molecule has 7 nitrogen and oxygen atoms in total. The fourth-order valence-corrected chi connectivity index (χ4v) is 2.88. The van der Waals surface area contributed by atoms with Gasteiger partial charge in [-0.1, -0.05) is 41.9 Å². The van der Waals surface area contributed by atoms with Crippen LogP contribution in [0.3, 0.4) is 0 Å². The molecule has 30 heavy (non-hydrogen) atoms. The average molecular weight is 422 g/mol. The molecule has 1 N–H and O–H groups in total.